The highest BCUT2D eigenvalue weighted by Gasteiger charge is 2.42. The SMILES string of the molecule is ClCCCc1csc(C2CC3CCC2O3)n1. The second-order valence-electron chi connectivity index (χ2n) is 4.69. The topological polar surface area (TPSA) is 22.1 Å². The van der Waals surface area contributed by atoms with E-state index >= 15 is 0 Å². The number of nitrogens with zero attached hydrogens (tertiary/aromatic N) is 1. The van der Waals surface area contributed by atoms with Crippen LogP contribution in [-0.4, -0.2) is 23.1 Å². The number of aryl methyl sites for hydroxylation is 1. The van der Waals surface area contributed by atoms with E-state index in [4.69, 9.17) is 21.3 Å². The van der Waals surface area contributed by atoms with Crippen molar-refractivity contribution >= 4 is 22.9 Å². The summed E-state index contributed by atoms with van der Waals surface area (Å²) in [6, 6.07) is 0. The zero-order chi connectivity index (χ0) is 11.0. The Hall–Kier alpha value is -0.120. The van der Waals surface area contributed by atoms with Gasteiger partial charge in [0.1, 0.15) is 0 Å². The van der Waals surface area contributed by atoms with Crippen LogP contribution < -0.4 is 0 Å². The predicted octanol–water partition coefficient (Wildman–Crippen LogP) is 3.35. The molecule has 1 aromatic rings. The normalized spacial score (nSPS) is 32.4. The van der Waals surface area contributed by atoms with Crippen LogP contribution in [0.3, 0.4) is 0 Å². The summed E-state index contributed by atoms with van der Waals surface area (Å²) in [5.41, 5.74) is 1.21. The molecule has 0 amide bonds. The number of ether oxygens (including phenoxy) is 1. The van der Waals surface area contributed by atoms with E-state index in [1.165, 1.54) is 30.0 Å². The average molecular weight is 258 g/mol. The summed E-state index contributed by atoms with van der Waals surface area (Å²) in [7, 11) is 0. The first-order chi connectivity index (χ1) is 7.86. The van der Waals surface area contributed by atoms with Crippen molar-refractivity contribution in [1.29, 1.82) is 0 Å². The summed E-state index contributed by atoms with van der Waals surface area (Å²) in [6.07, 6.45) is 6.69. The molecule has 0 spiro atoms. The number of alkyl halides is 1. The third-order valence-corrected chi connectivity index (χ3v) is 4.85. The Morgan fingerprint density at radius 2 is 2.44 bits per heavy atom. The van der Waals surface area contributed by atoms with Gasteiger partial charge in [0.15, 0.2) is 0 Å². The van der Waals surface area contributed by atoms with Crippen molar-refractivity contribution in [3.8, 4) is 0 Å². The molecule has 0 aromatic carbocycles. The lowest BCUT2D eigenvalue weighted by Gasteiger charge is -2.15. The standard InChI is InChI=1S/C12H16ClNOS/c13-5-1-2-8-7-16-12(14-8)10-6-9-3-4-11(10)15-9/h7,9-11H,1-6H2. The Balaban J connectivity index is 1.68. The summed E-state index contributed by atoms with van der Waals surface area (Å²) in [4.78, 5) is 4.73. The second-order valence-corrected chi connectivity index (χ2v) is 5.95. The molecule has 88 valence electrons. The van der Waals surface area contributed by atoms with E-state index in [0.29, 0.717) is 18.1 Å². The van der Waals surface area contributed by atoms with Crippen molar-refractivity contribution in [1.82, 2.24) is 4.98 Å². The van der Waals surface area contributed by atoms with Crippen LogP contribution in [0.1, 0.15) is 42.3 Å². The maximum atomic E-state index is 5.88. The summed E-state index contributed by atoms with van der Waals surface area (Å²) >= 11 is 7.50. The minimum Gasteiger partial charge on any atom is -0.374 e. The van der Waals surface area contributed by atoms with E-state index in [-0.39, 0.29) is 0 Å². The monoisotopic (exact) mass is 257 g/mol. The fourth-order valence-corrected chi connectivity index (χ4v) is 3.91. The van der Waals surface area contributed by atoms with Gasteiger partial charge in [0, 0.05) is 17.2 Å². The van der Waals surface area contributed by atoms with E-state index in [1.807, 2.05) is 0 Å². The predicted molar refractivity (Wildman–Crippen MR) is 66.4 cm³/mol. The van der Waals surface area contributed by atoms with Crippen LogP contribution in [0.4, 0.5) is 0 Å². The molecule has 2 fully saturated rings. The molecule has 3 atom stereocenters. The molecule has 3 rings (SSSR count). The van der Waals surface area contributed by atoms with Gasteiger partial charge in [-0.1, -0.05) is 0 Å². The van der Waals surface area contributed by atoms with E-state index in [9.17, 15) is 0 Å². The second kappa shape index (κ2) is 4.63. The molecule has 2 bridgehead atoms. The first-order valence-corrected chi connectivity index (χ1v) is 7.44. The molecule has 3 unspecified atom stereocenters. The van der Waals surface area contributed by atoms with Crippen molar-refractivity contribution < 1.29 is 4.74 Å². The van der Waals surface area contributed by atoms with E-state index in [2.05, 4.69) is 5.38 Å². The Morgan fingerprint density at radius 3 is 3.12 bits per heavy atom. The molecule has 0 aliphatic carbocycles. The number of fused-ring (bicyclic) bond motifs is 2. The Bertz CT molecular complexity index is 368. The third-order valence-electron chi connectivity index (χ3n) is 3.56. The molecule has 2 saturated heterocycles. The molecule has 2 nitrogen and oxygen atoms in total. The first kappa shape index (κ1) is 11.0. The average Bonchev–Trinajstić information content (AvgIpc) is 3.01. The Morgan fingerprint density at radius 1 is 1.50 bits per heavy atom. The van der Waals surface area contributed by atoms with Crippen LogP contribution in [-0.2, 0) is 11.2 Å². The number of halogens is 1. The first-order valence-electron chi connectivity index (χ1n) is 6.02. The van der Waals surface area contributed by atoms with Crippen molar-refractivity contribution in [2.75, 3.05) is 5.88 Å². The molecule has 0 N–H and O–H groups in total. The lowest BCUT2D eigenvalue weighted by molar-refractivity contribution is 0.100. The molecular weight excluding hydrogens is 242 g/mol. The van der Waals surface area contributed by atoms with Crippen molar-refractivity contribution in [2.24, 2.45) is 0 Å². The third kappa shape index (κ3) is 2.01. The molecule has 2 aliphatic heterocycles. The largest absolute Gasteiger partial charge is 0.374 e. The van der Waals surface area contributed by atoms with Crippen LogP contribution in [0.5, 0.6) is 0 Å². The van der Waals surface area contributed by atoms with Gasteiger partial charge < -0.3 is 4.74 Å². The summed E-state index contributed by atoms with van der Waals surface area (Å²) < 4.78 is 5.88. The lowest BCUT2D eigenvalue weighted by Crippen LogP contribution is -2.14. The summed E-state index contributed by atoms with van der Waals surface area (Å²) in [6.45, 7) is 0. The van der Waals surface area contributed by atoms with Gasteiger partial charge in [-0.2, -0.15) is 0 Å². The smallest absolute Gasteiger partial charge is 0.0986 e. The quantitative estimate of drug-likeness (QED) is 0.772. The molecule has 0 radical (unpaired) electrons. The fourth-order valence-electron chi connectivity index (χ4n) is 2.75. The van der Waals surface area contributed by atoms with E-state index < -0.39 is 0 Å². The molecule has 0 saturated carbocycles. The number of hydrogen-bond acceptors (Lipinski definition) is 3. The number of hydrogen-bond donors (Lipinski definition) is 0. The molecule has 2 aliphatic rings. The Kier molecular flexibility index (Phi) is 3.18. The van der Waals surface area contributed by atoms with Gasteiger partial charge in [-0.25, -0.2) is 4.98 Å². The fraction of sp³-hybridized carbons (Fsp3) is 0.750. The minimum atomic E-state index is 0.456. The highest BCUT2D eigenvalue weighted by molar-refractivity contribution is 7.09. The van der Waals surface area contributed by atoms with Gasteiger partial charge >= 0.3 is 0 Å². The highest BCUT2D eigenvalue weighted by atomic mass is 35.5. The maximum absolute atomic E-state index is 5.88. The highest BCUT2D eigenvalue weighted by Crippen LogP contribution is 2.45. The molecule has 3 heterocycles. The van der Waals surface area contributed by atoms with Gasteiger partial charge in [0.25, 0.3) is 0 Å². The zero-order valence-corrected chi connectivity index (χ0v) is 10.8. The van der Waals surface area contributed by atoms with Gasteiger partial charge in [0.05, 0.1) is 22.9 Å². The van der Waals surface area contributed by atoms with Crippen LogP contribution in [0.15, 0.2) is 5.38 Å². The number of rotatable bonds is 4. The van der Waals surface area contributed by atoms with Gasteiger partial charge in [-0.3, -0.25) is 0 Å². The van der Waals surface area contributed by atoms with E-state index in [0.717, 1.165) is 18.7 Å². The molecule has 16 heavy (non-hydrogen) atoms. The van der Waals surface area contributed by atoms with E-state index in [1.54, 1.807) is 11.3 Å². The van der Waals surface area contributed by atoms with Gasteiger partial charge in [-0.05, 0) is 32.1 Å². The maximum Gasteiger partial charge on any atom is 0.0986 e. The minimum absolute atomic E-state index is 0.456. The van der Waals surface area contributed by atoms with Crippen molar-refractivity contribution in [2.45, 2.75) is 50.2 Å². The van der Waals surface area contributed by atoms with Crippen LogP contribution in [0.2, 0.25) is 0 Å². The summed E-state index contributed by atoms with van der Waals surface area (Å²) in [5, 5.41) is 3.48. The lowest BCUT2D eigenvalue weighted by atomic mass is 9.90. The van der Waals surface area contributed by atoms with Crippen LogP contribution in [0.25, 0.3) is 0 Å². The Labute approximate surface area is 105 Å². The molecule has 1 aromatic heterocycles. The summed E-state index contributed by atoms with van der Waals surface area (Å²) in [5.74, 6) is 1.30. The van der Waals surface area contributed by atoms with Gasteiger partial charge in [0.2, 0.25) is 0 Å². The zero-order valence-electron chi connectivity index (χ0n) is 9.19. The van der Waals surface area contributed by atoms with Crippen LogP contribution in [0, 0.1) is 0 Å². The van der Waals surface area contributed by atoms with Crippen LogP contribution >= 0.6 is 22.9 Å². The molecular formula is C12H16ClNOS. The van der Waals surface area contributed by atoms with Crippen molar-refractivity contribution in [3.05, 3.63) is 16.1 Å². The van der Waals surface area contributed by atoms with Gasteiger partial charge in [-0.15, -0.1) is 22.9 Å². The number of thiazole rings is 1. The molecule has 4 heteroatoms. The van der Waals surface area contributed by atoms with Crippen molar-refractivity contribution in [3.63, 3.8) is 0 Å². The number of aromatic nitrogens is 1.